The number of nitrogens with zero attached hydrogens (tertiary/aromatic N) is 1. The first-order valence-corrected chi connectivity index (χ1v) is 6.92. The summed E-state index contributed by atoms with van der Waals surface area (Å²) in [5, 5.41) is 3.34. The van der Waals surface area contributed by atoms with E-state index in [2.05, 4.69) is 17.1 Å². The molecule has 0 saturated carbocycles. The largest absolute Gasteiger partial charge is 0.316 e. The third kappa shape index (κ3) is 2.90. The average molecular weight is 250 g/mol. The quantitative estimate of drug-likeness (QED) is 0.884. The van der Waals surface area contributed by atoms with Crippen molar-refractivity contribution in [2.75, 3.05) is 20.1 Å². The van der Waals surface area contributed by atoms with Crippen LogP contribution in [0.25, 0.3) is 0 Å². The maximum absolute atomic E-state index is 13.9. The maximum Gasteiger partial charge on any atom is 0.127 e. The van der Waals surface area contributed by atoms with Gasteiger partial charge in [0.1, 0.15) is 5.82 Å². The SMILES string of the molecule is CCC(c1ccccc1F)N1CCCC(NC)C1. The second-order valence-corrected chi connectivity index (χ2v) is 5.07. The van der Waals surface area contributed by atoms with Crippen LogP contribution in [0.2, 0.25) is 0 Å². The molecule has 3 heteroatoms. The molecule has 1 aromatic carbocycles. The number of hydrogen-bond acceptors (Lipinski definition) is 2. The van der Waals surface area contributed by atoms with Crippen molar-refractivity contribution in [1.82, 2.24) is 10.2 Å². The number of piperidine rings is 1. The Morgan fingerprint density at radius 2 is 2.22 bits per heavy atom. The molecule has 1 N–H and O–H groups in total. The van der Waals surface area contributed by atoms with E-state index < -0.39 is 0 Å². The van der Waals surface area contributed by atoms with Gasteiger partial charge in [-0.05, 0) is 38.9 Å². The van der Waals surface area contributed by atoms with Gasteiger partial charge in [-0.15, -0.1) is 0 Å². The zero-order valence-electron chi connectivity index (χ0n) is 11.3. The lowest BCUT2D eigenvalue weighted by molar-refractivity contribution is 0.133. The van der Waals surface area contributed by atoms with Crippen molar-refractivity contribution in [2.24, 2.45) is 0 Å². The van der Waals surface area contributed by atoms with Crippen molar-refractivity contribution in [3.05, 3.63) is 35.6 Å². The minimum Gasteiger partial charge on any atom is -0.316 e. The molecule has 2 atom stereocenters. The Hall–Kier alpha value is -0.930. The first-order chi connectivity index (χ1) is 8.76. The minimum absolute atomic E-state index is 0.0732. The molecule has 18 heavy (non-hydrogen) atoms. The van der Waals surface area contributed by atoms with Crippen molar-refractivity contribution in [3.8, 4) is 0 Å². The van der Waals surface area contributed by atoms with Crippen molar-refractivity contribution < 1.29 is 4.39 Å². The summed E-state index contributed by atoms with van der Waals surface area (Å²) in [6.07, 6.45) is 3.37. The molecule has 100 valence electrons. The summed E-state index contributed by atoms with van der Waals surface area (Å²) in [5.74, 6) is -0.0732. The Morgan fingerprint density at radius 3 is 2.89 bits per heavy atom. The van der Waals surface area contributed by atoms with E-state index in [9.17, 15) is 4.39 Å². The molecule has 0 bridgehead atoms. The van der Waals surface area contributed by atoms with Crippen LogP contribution < -0.4 is 5.32 Å². The van der Waals surface area contributed by atoms with Crippen LogP contribution in [0.3, 0.4) is 0 Å². The van der Waals surface area contributed by atoms with Crippen LogP contribution in [-0.2, 0) is 0 Å². The van der Waals surface area contributed by atoms with Crippen molar-refractivity contribution in [1.29, 1.82) is 0 Å². The van der Waals surface area contributed by atoms with Gasteiger partial charge < -0.3 is 5.32 Å². The first kappa shape index (κ1) is 13.5. The van der Waals surface area contributed by atoms with Crippen molar-refractivity contribution in [2.45, 2.75) is 38.3 Å². The van der Waals surface area contributed by atoms with E-state index in [1.54, 1.807) is 12.1 Å². The summed E-state index contributed by atoms with van der Waals surface area (Å²) >= 11 is 0. The molecule has 2 rings (SSSR count). The zero-order valence-corrected chi connectivity index (χ0v) is 11.3. The molecule has 0 aromatic heterocycles. The molecule has 0 radical (unpaired) electrons. The molecule has 1 fully saturated rings. The second-order valence-electron chi connectivity index (χ2n) is 5.07. The molecule has 0 aliphatic carbocycles. The molecule has 0 spiro atoms. The summed E-state index contributed by atoms with van der Waals surface area (Å²) < 4.78 is 13.9. The van der Waals surface area contributed by atoms with Crippen LogP contribution in [0.1, 0.15) is 37.8 Å². The van der Waals surface area contributed by atoms with Gasteiger partial charge in [0.2, 0.25) is 0 Å². The fourth-order valence-corrected chi connectivity index (χ4v) is 2.95. The highest BCUT2D eigenvalue weighted by Crippen LogP contribution is 2.28. The molecule has 1 saturated heterocycles. The van der Waals surface area contributed by atoms with Gasteiger partial charge in [-0.25, -0.2) is 4.39 Å². The number of nitrogens with one attached hydrogen (secondary N) is 1. The Labute approximate surface area is 109 Å². The molecule has 1 aliphatic heterocycles. The number of rotatable bonds is 4. The molecule has 1 aliphatic rings. The summed E-state index contributed by atoms with van der Waals surface area (Å²) in [5.41, 5.74) is 0.844. The van der Waals surface area contributed by atoms with Crippen LogP contribution in [-0.4, -0.2) is 31.1 Å². The number of likely N-dealkylation sites (N-methyl/N-ethyl adjacent to an activating group) is 1. The van der Waals surface area contributed by atoms with Gasteiger partial charge in [0.25, 0.3) is 0 Å². The summed E-state index contributed by atoms with van der Waals surface area (Å²) in [6.45, 7) is 4.23. The van der Waals surface area contributed by atoms with Gasteiger partial charge in [-0.3, -0.25) is 4.90 Å². The highest BCUT2D eigenvalue weighted by molar-refractivity contribution is 5.21. The van der Waals surface area contributed by atoms with E-state index in [-0.39, 0.29) is 11.9 Å². The van der Waals surface area contributed by atoms with E-state index >= 15 is 0 Å². The third-order valence-corrected chi connectivity index (χ3v) is 3.95. The smallest absolute Gasteiger partial charge is 0.127 e. The molecule has 0 amide bonds. The van der Waals surface area contributed by atoms with Gasteiger partial charge >= 0.3 is 0 Å². The monoisotopic (exact) mass is 250 g/mol. The molecule has 2 nitrogen and oxygen atoms in total. The van der Waals surface area contributed by atoms with Gasteiger partial charge in [0, 0.05) is 24.2 Å². The van der Waals surface area contributed by atoms with Gasteiger partial charge in [0.05, 0.1) is 0 Å². The molecule has 2 unspecified atom stereocenters. The van der Waals surface area contributed by atoms with Gasteiger partial charge in [0.15, 0.2) is 0 Å². The van der Waals surface area contributed by atoms with E-state index in [4.69, 9.17) is 0 Å². The van der Waals surface area contributed by atoms with E-state index in [0.29, 0.717) is 6.04 Å². The Morgan fingerprint density at radius 1 is 1.44 bits per heavy atom. The number of likely N-dealkylation sites (tertiary alicyclic amines) is 1. The van der Waals surface area contributed by atoms with Crippen LogP contribution in [0, 0.1) is 5.82 Å². The molecular formula is C15H23FN2. The zero-order chi connectivity index (χ0) is 13.0. The van der Waals surface area contributed by atoms with Crippen molar-refractivity contribution in [3.63, 3.8) is 0 Å². The van der Waals surface area contributed by atoms with E-state index in [1.165, 1.54) is 12.8 Å². The lowest BCUT2D eigenvalue weighted by Crippen LogP contribution is -2.45. The maximum atomic E-state index is 13.9. The van der Waals surface area contributed by atoms with Gasteiger partial charge in [-0.1, -0.05) is 25.1 Å². The van der Waals surface area contributed by atoms with Gasteiger partial charge in [-0.2, -0.15) is 0 Å². The highest BCUT2D eigenvalue weighted by Gasteiger charge is 2.26. The Balaban J connectivity index is 2.15. The Kier molecular flexibility index (Phi) is 4.72. The molecular weight excluding hydrogens is 227 g/mol. The summed E-state index contributed by atoms with van der Waals surface area (Å²) in [7, 11) is 2.01. The predicted molar refractivity (Wildman–Crippen MR) is 73.1 cm³/mol. The summed E-state index contributed by atoms with van der Waals surface area (Å²) in [4.78, 5) is 2.42. The third-order valence-electron chi connectivity index (χ3n) is 3.95. The number of hydrogen-bond donors (Lipinski definition) is 1. The number of halogens is 1. The second kappa shape index (κ2) is 6.30. The van der Waals surface area contributed by atoms with Crippen LogP contribution in [0.15, 0.2) is 24.3 Å². The standard InChI is InChI=1S/C15H23FN2/c1-3-15(13-8-4-5-9-14(13)16)18-10-6-7-12(11-18)17-2/h4-5,8-9,12,15,17H,3,6-7,10-11H2,1-2H3. The van der Waals surface area contributed by atoms with Crippen LogP contribution in [0.4, 0.5) is 4.39 Å². The van der Waals surface area contributed by atoms with Crippen molar-refractivity contribution >= 4 is 0 Å². The topological polar surface area (TPSA) is 15.3 Å². The molecule has 1 aromatic rings. The average Bonchev–Trinajstić information content (AvgIpc) is 2.42. The highest BCUT2D eigenvalue weighted by atomic mass is 19.1. The van der Waals surface area contributed by atoms with Crippen LogP contribution in [0.5, 0.6) is 0 Å². The lowest BCUT2D eigenvalue weighted by atomic mass is 9.97. The predicted octanol–water partition coefficient (Wildman–Crippen LogP) is 2.96. The molecule has 1 heterocycles. The Bertz CT molecular complexity index is 381. The fraction of sp³-hybridized carbons (Fsp3) is 0.600. The first-order valence-electron chi connectivity index (χ1n) is 6.92. The lowest BCUT2D eigenvalue weighted by Gasteiger charge is -2.38. The van der Waals surface area contributed by atoms with E-state index in [0.717, 1.165) is 25.1 Å². The summed E-state index contributed by atoms with van der Waals surface area (Å²) in [6, 6.07) is 7.94. The van der Waals surface area contributed by atoms with Crippen LogP contribution >= 0.6 is 0 Å². The normalized spacial score (nSPS) is 22.9. The fourth-order valence-electron chi connectivity index (χ4n) is 2.95. The number of benzene rings is 1. The van der Waals surface area contributed by atoms with E-state index in [1.807, 2.05) is 19.2 Å². The minimum atomic E-state index is -0.0732.